The Balaban J connectivity index is 2.19. The first-order valence-corrected chi connectivity index (χ1v) is 8.00. The molecule has 1 aliphatic rings. The van der Waals surface area contributed by atoms with E-state index >= 15 is 0 Å². The molecule has 2 unspecified atom stereocenters. The summed E-state index contributed by atoms with van der Waals surface area (Å²) in [5.74, 6) is 0. The van der Waals surface area contributed by atoms with Crippen LogP contribution in [-0.2, 0) is 20.9 Å². The maximum atomic E-state index is 12.6. The second kappa shape index (κ2) is 5.94. The monoisotopic (exact) mass is 323 g/mol. The van der Waals surface area contributed by atoms with Crippen LogP contribution in [0.15, 0.2) is 29.2 Å². The molecule has 2 atom stereocenters. The minimum atomic E-state index is -4.58. The molecular formula is C13H16F3NO3S. The maximum absolute atomic E-state index is 12.6. The Morgan fingerprint density at radius 3 is 2.67 bits per heavy atom. The number of rotatable bonds is 4. The largest absolute Gasteiger partial charge is 0.416 e. The molecule has 1 saturated heterocycles. The normalized spacial score (nSPS) is 21.4. The standard InChI is InChI=1S/C13H16F3NO3S/c1-9(12-6-3-7-20-12)17-21(18,19)11-5-2-4-10(8-11)13(14,15)16/h2,4-5,8-9,12,17H,3,6-7H2,1H3. The SMILES string of the molecule is CC(NS(=O)(=O)c1cccc(C(F)(F)F)c1)C1CCCO1. The highest BCUT2D eigenvalue weighted by molar-refractivity contribution is 7.89. The minimum Gasteiger partial charge on any atom is -0.377 e. The number of halogens is 3. The van der Waals surface area contributed by atoms with Crippen LogP contribution >= 0.6 is 0 Å². The van der Waals surface area contributed by atoms with Crippen LogP contribution in [0.25, 0.3) is 0 Å². The second-order valence-corrected chi connectivity index (χ2v) is 6.70. The Morgan fingerprint density at radius 2 is 2.10 bits per heavy atom. The number of alkyl halides is 3. The van der Waals surface area contributed by atoms with Crippen molar-refractivity contribution in [1.29, 1.82) is 0 Å². The lowest BCUT2D eigenvalue weighted by Gasteiger charge is -2.20. The van der Waals surface area contributed by atoms with E-state index in [0.29, 0.717) is 12.7 Å². The Labute approximate surface area is 121 Å². The summed E-state index contributed by atoms with van der Waals surface area (Å²) < 4.78 is 69.9. The molecule has 0 aromatic heterocycles. The molecule has 4 nitrogen and oxygen atoms in total. The molecule has 0 amide bonds. The van der Waals surface area contributed by atoms with Crippen LogP contribution < -0.4 is 4.72 Å². The van der Waals surface area contributed by atoms with Crippen molar-refractivity contribution in [2.75, 3.05) is 6.61 Å². The predicted octanol–water partition coefficient (Wildman–Crippen LogP) is 2.55. The average molecular weight is 323 g/mol. The van der Waals surface area contributed by atoms with Crippen LogP contribution in [0.1, 0.15) is 25.3 Å². The molecule has 1 fully saturated rings. The molecule has 0 saturated carbocycles. The molecule has 8 heteroatoms. The minimum absolute atomic E-state index is 0.245. The first-order chi connectivity index (χ1) is 9.70. The van der Waals surface area contributed by atoms with Crippen LogP contribution in [0.5, 0.6) is 0 Å². The number of nitrogens with one attached hydrogen (secondary N) is 1. The fourth-order valence-corrected chi connectivity index (χ4v) is 3.54. The molecule has 0 bridgehead atoms. The molecule has 1 aromatic carbocycles. The van der Waals surface area contributed by atoms with Crippen LogP contribution in [0, 0.1) is 0 Å². The van der Waals surface area contributed by atoms with E-state index in [-0.39, 0.29) is 6.10 Å². The van der Waals surface area contributed by atoms with Gasteiger partial charge in [-0.1, -0.05) is 6.07 Å². The molecule has 0 spiro atoms. The van der Waals surface area contributed by atoms with Gasteiger partial charge in [0, 0.05) is 12.6 Å². The molecule has 1 N–H and O–H groups in total. The summed E-state index contributed by atoms with van der Waals surface area (Å²) in [6.07, 6.45) is -3.25. The van der Waals surface area contributed by atoms with Crippen LogP contribution in [0.4, 0.5) is 13.2 Å². The van der Waals surface area contributed by atoms with E-state index in [2.05, 4.69) is 4.72 Å². The Kier molecular flexibility index (Phi) is 4.60. The third-order valence-corrected chi connectivity index (χ3v) is 4.89. The van der Waals surface area contributed by atoms with Gasteiger partial charge < -0.3 is 4.74 Å². The summed E-state index contributed by atoms with van der Waals surface area (Å²) in [4.78, 5) is -0.401. The second-order valence-electron chi connectivity index (χ2n) is 4.99. The van der Waals surface area contributed by atoms with Crippen molar-refractivity contribution in [3.05, 3.63) is 29.8 Å². The maximum Gasteiger partial charge on any atom is 0.416 e. The summed E-state index contributed by atoms with van der Waals surface area (Å²) in [5, 5.41) is 0. The van der Waals surface area contributed by atoms with Gasteiger partial charge in [-0.15, -0.1) is 0 Å². The fourth-order valence-electron chi connectivity index (χ4n) is 2.23. The molecular weight excluding hydrogens is 307 g/mol. The third-order valence-electron chi connectivity index (χ3n) is 3.34. The molecule has 1 heterocycles. The van der Waals surface area contributed by atoms with Crippen molar-refractivity contribution in [1.82, 2.24) is 4.72 Å². The first-order valence-electron chi connectivity index (χ1n) is 6.51. The van der Waals surface area contributed by atoms with E-state index in [1.807, 2.05) is 0 Å². The van der Waals surface area contributed by atoms with Gasteiger partial charge in [0.05, 0.1) is 16.6 Å². The quantitative estimate of drug-likeness (QED) is 0.926. The zero-order valence-corrected chi connectivity index (χ0v) is 12.2. The zero-order chi connectivity index (χ0) is 15.7. The van der Waals surface area contributed by atoms with Crippen LogP contribution in [0.3, 0.4) is 0 Å². The van der Waals surface area contributed by atoms with Gasteiger partial charge in [-0.3, -0.25) is 0 Å². The summed E-state index contributed by atoms with van der Waals surface area (Å²) in [7, 11) is -4.01. The summed E-state index contributed by atoms with van der Waals surface area (Å²) in [6.45, 7) is 2.21. The van der Waals surface area contributed by atoms with E-state index in [0.717, 1.165) is 31.0 Å². The van der Waals surface area contributed by atoms with Gasteiger partial charge in [-0.05, 0) is 38.0 Å². The molecule has 118 valence electrons. The van der Waals surface area contributed by atoms with Gasteiger partial charge in [0.1, 0.15) is 0 Å². The highest BCUT2D eigenvalue weighted by atomic mass is 32.2. The molecule has 1 aliphatic heterocycles. The van der Waals surface area contributed by atoms with E-state index in [9.17, 15) is 21.6 Å². The summed E-state index contributed by atoms with van der Waals surface area (Å²) >= 11 is 0. The molecule has 0 radical (unpaired) electrons. The topological polar surface area (TPSA) is 55.4 Å². The Hall–Kier alpha value is -1.12. The number of benzene rings is 1. The highest BCUT2D eigenvalue weighted by Crippen LogP contribution is 2.30. The van der Waals surface area contributed by atoms with Crippen molar-refractivity contribution < 1.29 is 26.3 Å². The van der Waals surface area contributed by atoms with Gasteiger partial charge in [0.15, 0.2) is 0 Å². The van der Waals surface area contributed by atoms with E-state index in [1.165, 1.54) is 0 Å². The van der Waals surface area contributed by atoms with E-state index < -0.39 is 32.7 Å². The van der Waals surface area contributed by atoms with Crippen molar-refractivity contribution in [3.8, 4) is 0 Å². The van der Waals surface area contributed by atoms with E-state index in [4.69, 9.17) is 4.74 Å². The van der Waals surface area contributed by atoms with Gasteiger partial charge in [0.2, 0.25) is 10.0 Å². The van der Waals surface area contributed by atoms with Crippen molar-refractivity contribution in [3.63, 3.8) is 0 Å². The molecule has 1 aromatic rings. The van der Waals surface area contributed by atoms with Crippen LogP contribution in [-0.4, -0.2) is 27.2 Å². The Morgan fingerprint density at radius 1 is 1.38 bits per heavy atom. The number of hydrogen-bond acceptors (Lipinski definition) is 3. The van der Waals surface area contributed by atoms with Crippen LogP contribution in [0.2, 0.25) is 0 Å². The van der Waals surface area contributed by atoms with E-state index in [1.54, 1.807) is 6.92 Å². The third kappa shape index (κ3) is 3.96. The number of sulfonamides is 1. The fraction of sp³-hybridized carbons (Fsp3) is 0.538. The van der Waals surface area contributed by atoms with Crippen molar-refractivity contribution in [2.45, 2.75) is 43.0 Å². The van der Waals surface area contributed by atoms with Crippen molar-refractivity contribution >= 4 is 10.0 Å². The lowest BCUT2D eigenvalue weighted by molar-refractivity contribution is -0.137. The molecule has 0 aliphatic carbocycles. The smallest absolute Gasteiger partial charge is 0.377 e. The predicted molar refractivity (Wildman–Crippen MR) is 70.2 cm³/mol. The van der Waals surface area contributed by atoms with Gasteiger partial charge >= 0.3 is 6.18 Å². The van der Waals surface area contributed by atoms with Gasteiger partial charge in [-0.2, -0.15) is 13.2 Å². The molecule has 21 heavy (non-hydrogen) atoms. The van der Waals surface area contributed by atoms with Crippen molar-refractivity contribution in [2.24, 2.45) is 0 Å². The Bertz CT molecular complexity index is 595. The number of ether oxygens (including phenoxy) is 1. The average Bonchev–Trinajstić information content (AvgIpc) is 2.91. The number of hydrogen-bond donors (Lipinski definition) is 1. The van der Waals surface area contributed by atoms with Gasteiger partial charge in [-0.25, -0.2) is 13.1 Å². The highest BCUT2D eigenvalue weighted by Gasteiger charge is 2.32. The summed E-state index contributed by atoms with van der Waals surface area (Å²) in [5.41, 5.74) is -0.991. The first kappa shape index (κ1) is 16.3. The lowest BCUT2D eigenvalue weighted by atomic mass is 10.1. The lowest BCUT2D eigenvalue weighted by Crippen LogP contribution is -2.40. The van der Waals surface area contributed by atoms with Gasteiger partial charge in [0.25, 0.3) is 0 Å². The molecule has 2 rings (SSSR count). The zero-order valence-electron chi connectivity index (χ0n) is 11.4. The summed E-state index contributed by atoms with van der Waals surface area (Å²) in [6, 6.07) is 3.19.